The van der Waals surface area contributed by atoms with Crippen molar-refractivity contribution in [2.75, 3.05) is 32.5 Å². The highest BCUT2D eigenvalue weighted by Crippen LogP contribution is 2.18. The topological polar surface area (TPSA) is 79.3 Å². The van der Waals surface area contributed by atoms with Crippen molar-refractivity contribution in [3.8, 4) is 6.07 Å². The summed E-state index contributed by atoms with van der Waals surface area (Å²) < 4.78 is 4.98. The predicted octanol–water partition coefficient (Wildman–Crippen LogP) is 1.58. The molecule has 0 radical (unpaired) electrons. The van der Waals surface area contributed by atoms with E-state index in [9.17, 15) is 4.79 Å². The van der Waals surface area contributed by atoms with Crippen molar-refractivity contribution in [2.45, 2.75) is 13.3 Å². The van der Waals surface area contributed by atoms with Gasteiger partial charge in [-0.25, -0.2) is 0 Å². The van der Waals surface area contributed by atoms with E-state index in [0.29, 0.717) is 37.4 Å². The van der Waals surface area contributed by atoms with Crippen LogP contribution in [0.5, 0.6) is 0 Å². The lowest BCUT2D eigenvalue weighted by atomic mass is 10.1. The molecular weight excluding hydrogens is 242 g/mol. The highest BCUT2D eigenvalue weighted by Gasteiger charge is 2.18. The molecule has 0 heterocycles. The molecule has 1 rings (SSSR count). The van der Waals surface area contributed by atoms with Crippen molar-refractivity contribution < 1.29 is 9.53 Å². The number of carbonyl (C=O) groups excluding carboxylic acids is 1. The lowest BCUT2D eigenvalue weighted by Gasteiger charge is -2.22. The number of hydrogen-bond acceptors (Lipinski definition) is 4. The first kappa shape index (κ1) is 15.0. The number of ether oxygens (including phenoxy) is 1. The van der Waals surface area contributed by atoms with Gasteiger partial charge < -0.3 is 15.4 Å². The van der Waals surface area contributed by atoms with Crippen LogP contribution in [0.15, 0.2) is 18.2 Å². The monoisotopic (exact) mass is 261 g/mol. The molecule has 5 heteroatoms. The molecule has 1 amide bonds. The maximum Gasteiger partial charge on any atom is 0.256 e. The van der Waals surface area contributed by atoms with Crippen LogP contribution >= 0.6 is 0 Å². The van der Waals surface area contributed by atoms with E-state index >= 15 is 0 Å². The Balaban J connectivity index is 2.91. The molecule has 0 saturated heterocycles. The van der Waals surface area contributed by atoms with Gasteiger partial charge in [0, 0.05) is 25.9 Å². The molecular formula is C14H19N3O2. The van der Waals surface area contributed by atoms with E-state index in [1.54, 1.807) is 24.1 Å². The second kappa shape index (κ2) is 7.39. The summed E-state index contributed by atoms with van der Waals surface area (Å²) in [6.07, 6.45) is 0.293. The normalized spacial score (nSPS) is 9.95. The number of rotatable bonds is 6. The van der Waals surface area contributed by atoms with Crippen LogP contribution in [0.25, 0.3) is 0 Å². The zero-order chi connectivity index (χ0) is 14.3. The van der Waals surface area contributed by atoms with Crippen molar-refractivity contribution >= 4 is 11.6 Å². The van der Waals surface area contributed by atoms with Crippen molar-refractivity contribution in [3.05, 3.63) is 29.3 Å². The fourth-order valence-corrected chi connectivity index (χ4v) is 1.74. The summed E-state index contributed by atoms with van der Waals surface area (Å²) in [7, 11) is 1.58. The van der Waals surface area contributed by atoms with Crippen LogP contribution in [0.3, 0.4) is 0 Å². The van der Waals surface area contributed by atoms with E-state index in [1.165, 1.54) is 0 Å². The smallest absolute Gasteiger partial charge is 0.256 e. The third-order valence-electron chi connectivity index (χ3n) is 2.90. The second-order valence-corrected chi connectivity index (χ2v) is 4.23. The van der Waals surface area contributed by atoms with Crippen LogP contribution in [0.4, 0.5) is 5.69 Å². The van der Waals surface area contributed by atoms with Crippen LogP contribution in [-0.4, -0.2) is 37.6 Å². The third-order valence-corrected chi connectivity index (χ3v) is 2.90. The number of amides is 1. The summed E-state index contributed by atoms with van der Waals surface area (Å²) in [5.41, 5.74) is 7.78. The van der Waals surface area contributed by atoms with Crippen molar-refractivity contribution in [1.29, 1.82) is 5.26 Å². The minimum absolute atomic E-state index is 0.159. The minimum Gasteiger partial charge on any atom is -0.398 e. The van der Waals surface area contributed by atoms with Gasteiger partial charge in [0.2, 0.25) is 0 Å². The molecule has 0 atom stereocenters. The Morgan fingerprint density at radius 3 is 2.84 bits per heavy atom. The van der Waals surface area contributed by atoms with Gasteiger partial charge >= 0.3 is 0 Å². The summed E-state index contributed by atoms with van der Waals surface area (Å²) >= 11 is 0. The third kappa shape index (κ3) is 3.97. The molecule has 5 nitrogen and oxygen atoms in total. The SMILES string of the molecule is COCCN(CCC#N)C(=O)c1cccc(C)c1N. The molecule has 19 heavy (non-hydrogen) atoms. The molecule has 1 aromatic rings. The zero-order valence-corrected chi connectivity index (χ0v) is 11.3. The van der Waals surface area contributed by atoms with E-state index < -0.39 is 0 Å². The minimum atomic E-state index is -0.159. The van der Waals surface area contributed by atoms with Crippen LogP contribution in [0.1, 0.15) is 22.3 Å². The van der Waals surface area contributed by atoms with E-state index in [-0.39, 0.29) is 5.91 Å². The number of benzene rings is 1. The number of nitrogen functional groups attached to an aromatic ring is 1. The van der Waals surface area contributed by atoms with Crippen LogP contribution < -0.4 is 5.73 Å². The fourth-order valence-electron chi connectivity index (χ4n) is 1.74. The van der Waals surface area contributed by atoms with Gasteiger partial charge in [0.05, 0.1) is 24.7 Å². The lowest BCUT2D eigenvalue weighted by Crippen LogP contribution is -2.35. The summed E-state index contributed by atoms with van der Waals surface area (Å²) in [5.74, 6) is -0.159. The molecule has 0 saturated carbocycles. The summed E-state index contributed by atoms with van der Waals surface area (Å²) in [6.45, 7) is 3.13. The average Bonchev–Trinajstić information content (AvgIpc) is 2.41. The van der Waals surface area contributed by atoms with Crippen LogP contribution in [0, 0.1) is 18.3 Å². The lowest BCUT2D eigenvalue weighted by molar-refractivity contribution is 0.0701. The number of aryl methyl sites for hydroxylation is 1. The second-order valence-electron chi connectivity index (χ2n) is 4.23. The Morgan fingerprint density at radius 2 is 2.21 bits per heavy atom. The molecule has 0 bridgehead atoms. The molecule has 0 aliphatic rings. The zero-order valence-electron chi connectivity index (χ0n) is 11.3. The number of para-hydroxylation sites is 1. The van der Waals surface area contributed by atoms with Gasteiger partial charge in [-0.3, -0.25) is 4.79 Å². The Hall–Kier alpha value is -2.06. The highest BCUT2D eigenvalue weighted by atomic mass is 16.5. The molecule has 1 aromatic carbocycles. The van der Waals surface area contributed by atoms with Gasteiger partial charge in [-0.05, 0) is 18.6 Å². The standard InChI is InChI=1S/C14H19N3O2/c1-11-5-3-6-12(13(11)16)14(18)17(8-4-7-15)9-10-19-2/h3,5-6H,4,8-10,16H2,1-2H3. The van der Waals surface area contributed by atoms with Crippen LogP contribution in [0.2, 0.25) is 0 Å². The predicted molar refractivity (Wildman–Crippen MR) is 73.6 cm³/mol. The van der Waals surface area contributed by atoms with E-state index in [1.807, 2.05) is 19.1 Å². The quantitative estimate of drug-likeness (QED) is 0.788. The number of hydrogen-bond donors (Lipinski definition) is 1. The van der Waals surface area contributed by atoms with E-state index in [0.717, 1.165) is 5.56 Å². The van der Waals surface area contributed by atoms with Gasteiger partial charge in [0.1, 0.15) is 0 Å². The first-order valence-electron chi connectivity index (χ1n) is 6.12. The highest BCUT2D eigenvalue weighted by molar-refractivity contribution is 5.99. The fraction of sp³-hybridized carbons (Fsp3) is 0.429. The van der Waals surface area contributed by atoms with Crippen molar-refractivity contribution in [2.24, 2.45) is 0 Å². The molecule has 2 N–H and O–H groups in total. The van der Waals surface area contributed by atoms with Gasteiger partial charge in [-0.2, -0.15) is 5.26 Å². The van der Waals surface area contributed by atoms with Gasteiger partial charge in [-0.15, -0.1) is 0 Å². The molecule has 0 spiro atoms. The van der Waals surface area contributed by atoms with Gasteiger partial charge in [0.15, 0.2) is 0 Å². The summed E-state index contributed by atoms with van der Waals surface area (Å²) in [4.78, 5) is 14.0. The average molecular weight is 261 g/mol. The van der Waals surface area contributed by atoms with Gasteiger partial charge in [0.25, 0.3) is 5.91 Å². The molecule has 102 valence electrons. The Bertz CT molecular complexity index is 480. The summed E-state index contributed by atoms with van der Waals surface area (Å²) in [5, 5.41) is 8.65. The maximum absolute atomic E-state index is 12.4. The van der Waals surface area contributed by atoms with Crippen LogP contribution in [-0.2, 0) is 4.74 Å². The summed E-state index contributed by atoms with van der Waals surface area (Å²) in [6, 6.07) is 7.41. The largest absolute Gasteiger partial charge is 0.398 e. The number of nitrogens with two attached hydrogens (primary N) is 1. The Labute approximate surface area is 113 Å². The van der Waals surface area contributed by atoms with Crippen molar-refractivity contribution in [1.82, 2.24) is 4.90 Å². The number of anilines is 1. The maximum atomic E-state index is 12.4. The molecule has 0 aliphatic heterocycles. The van der Waals surface area contributed by atoms with E-state index in [2.05, 4.69) is 0 Å². The number of methoxy groups -OCH3 is 1. The Morgan fingerprint density at radius 1 is 1.47 bits per heavy atom. The number of nitriles is 1. The molecule has 0 fully saturated rings. The Kier molecular flexibility index (Phi) is 5.83. The number of carbonyl (C=O) groups is 1. The first-order chi connectivity index (χ1) is 9.11. The van der Waals surface area contributed by atoms with E-state index in [4.69, 9.17) is 15.7 Å². The van der Waals surface area contributed by atoms with Gasteiger partial charge in [-0.1, -0.05) is 12.1 Å². The molecule has 0 aromatic heterocycles. The van der Waals surface area contributed by atoms with Crippen molar-refractivity contribution in [3.63, 3.8) is 0 Å². The molecule has 0 unspecified atom stereocenters. The molecule has 0 aliphatic carbocycles. The number of nitrogens with zero attached hydrogens (tertiary/aromatic N) is 2. The first-order valence-corrected chi connectivity index (χ1v) is 6.12.